The highest BCUT2D eigenvalue weighted by Crippen LogP contribution is 2.36. The van der Waals surface area contributed by atoms with Crippen molar-refractivity contribution in [1.82, 2.24) is 10.1 Å². The van der Waals surface area contributed by atoms with Gasteiger partial charge in [0.2, 0.25) is 5.82 Å². The molecule has 7 heteroatoms. The van der Waals surface area contributed by atoms with E-state index in [1.165, 1.54) is 0 Å². The second-order valence-corrected chi connectivity index (χ2v) is 6.61. The van der Waals surface area contributed by atoms with Crippen molar-refractivity contribution in [1.29, 1.82) is 0 Å². The van der Waals surface area contributed by atoms with Crippen LogP contribution < -0.4 is 4.90 Å². The van der Waals surface area contributed by atoms with Gasteiger partial charge in [-0.15, -0.1) is 0 Å². The quantitative estimate of drug-likeness (QED) is 0.737. The molecule has 0 aliphatic carbocycles. The number of methoxy groups -OCH3 is 1. The van der Waals surface area contributed by atoms with Crippen LogP contribution in [-0.4, -0.2) is 59.9 Å². The van der Waals surface area contributed by atoms with Crippen LogP contribution >= 0.6 is 0 Å². The number of anilines is 1. The first kappa shape index (κ1) is 17.8. The summed E-state index contributed by atoms with van der Waals surface area (Å²) in [7, 11) is 1.65. The summed E-state index contributed by atoms with van der Waals surface area (Å²) in [5.74, 6) is 0.538. The van der Waals surface area contributed by atoms with Crippen molar-refractivity contribution in [2.45, 2.75) is 25.4 Å². The Morgan fingerprint density at radius 2 is 2.16 bits per heavy atom. The van der Waals surface area contributed by atoms with E-state index in [0.717, 1.165) is 12.0 Å². The number of aliphatic hydroxyl groups is 2. The molecule has 1 fully saturated rings. The summed E-state index contributed by atoms with van der Waals surface area (Å²) in [6.45, 7) is 1.61. The van der Waals surface area contributed by atoms with E-state index in [1.807, 2.05) is 35.2 Å². The average molecular weight is 347 g/mol. The largest absolute Gasteiger partial charge is 0.396 e. The first-order chi connectivity index (χ1) is 12.2. The minimum absolute atomic E-state index is 0.0892. The number of rotatable bonds is 7. The van der Waals surface area contributed by atoms with Crippen molar-refractivity contribution in [3.05, 3.63) is 30.3 Å². The van der Waals surface area contributed by atoms with Gasteiger partial charge in [-0.3, -0.25) is 0 Å². The molecule has 1 saturated heterocycles. The standard InChI is InChI=1S/C18H25N3O4/c1-24-11-5-9-18(13-22)12-21(10-8-15(18)23)17-19-16(20-25-17)14-6-3-2-4-7-14/h2-4,6-7,15,22-23H,5,8-13H2,1H3/t15-,18+/m1/s1. The van der Waals surface area contributed by atoms with Crippen LogP contribution in [-0.2, 0) is 4.74 Å². The van der Waals surface area contributed by atoms with Gasteiger partial charge in [0.15, 0.2) is 0 Å². The maximum atomic E-state index is 10.5. The third-order valence-corrected chi connectivity index (χ3v) is 4.94. The molecule has 0 amide bonds. The Morgan fingerprint density at radius 1 is 1.36 bits per heavy atom. The molecule has 2 N–H and O–H groups in total. The summed E-state index contributed by atoms with van der Waals surface area (Å²) >= 11 is 0. The van der Waals surface area contributed by atoms with E-state index >= 15 is 0 Å². The summed E-state index contributed by atoms with van der Waals surface area (Å²) < 4.78 is 10.5. The average Bonchev–Trinajstić information content (AvgIpc) is 3.14. The van der Waals surface area contributed by atoms with Crippen LogP contribution in [0.2, 0.25) is 0 Å². The third kappa shape index (κ3) is 3.84. The van der Waals surface area contributed by atoms with Gasteiger partial charge in [0.05, 0.1) is 12.7 Å². The molecule has 3 rings (SSSR count). The molecule has 1 aromatic carbocycles. The molecule has 7 nitrogen and oxygen atoms in total. The lowest BCUT2D eigenvalue weighted by atomic mass is 9.74. The monoisotopic (exact) mass is 347 g/mol. The highest BCUT2D eigenvalue weighted by Gasteiger charge is 2.43. The fraction of sp³-hybridized carbons (Fsp3) is 0.556. The van der Waals surface area contributed by atoms with Crippen LogP contribution in [0.25, 0.3) is 11.4 Å². The molecule has 0 saturated carbocycles. The van der Waals surface area contributed by atoms with E-state index in [9.17, 15) is 10.2 Å². The van der Waals surface area contributed by atoms with E-state index in [4.69, 9.17) is 9.26 Å². The zero-order valence-corrected chi connectivity index (χ0v) is 14.5. The molecule has 2 atom stereocenters. The SMILES string of the molecule is COCCC[C@@]1(CO)CN(c2nc(-c3ccccc3)no2)CC[C@H]1O. The summed E-state index contributed by atoms with van der Waals surface area (Å²) in [6.07, 6.45) is 1.45. The zero-order valence-electron chi connectivity index (χ0n) is 14.5. The van der Waals surface area contributed by atoms with Crippen molar-refractivity contribution < 1.29 is 19.5 Å². The van der Waals surface area contributed by atoms with Gasteiger partial charge in [0.25, 0.3) is 0 Å². The third-order valence-electron chi connectivity index (χ3n) is 4.94. The zero-order chi connectivity index (χ0) is 17.7. The Hall–Kier alpha value is -1.96. The number of ether oxygens (including phenoxy) is 1. The van der Waals surface area contributed by atoms with E-state index in [2.05, 4.69) is 10.1 Å². The van der Waals surface area contributed by atoms with Gasteiger partial charge in [-0.1, -0.05) is 35.5 Å². The van der Waals surface area contributed by atoms with Crippen molar-refractivity contribution in [2.75, 3.05) is 38.3 Å². The molecule has 25 heavy (non-hydrogen) atoms. The van der Waals surface area contributed by atoms with Gasteiger partial charge in [0, 0.05) is 37.8 Å². The van der Waals surface area contributed by atoms with E-state index < -0.39 is 11.5 Å². The number of aromatic nitrogens is 2. The molecular formula is C18H25N3O4. The number of aliphatic hydroxyl groups excluding tert-OH is 2. The van der Waals surface area contributed by atoms with Gasteiger partial charge in [-0.2, -0.15) is 4.98 Å². The van der Waals surface area contributed by atoms with Crippen LogP contribution in [0.4, 0.5) is 6.01 Å². The second kappa shape index (κ2) is 7.95. The smallest absolute Gasteiger partial charge is 0.324 e. The van der Waals surface area contributed by atoms with Gasteiger partial charge in [0.1, 0.15) is 0 Å². The van der Waals surface area contributed by atoms with E-state index in [0.29, 0.717) is 44.4 Å². The number of hydrogen-bond donors (Lipinski definition) is 2. The summed E-state index contributed by atoms with van der Waals surface area (Å²) in [5, 5.41) is 24.5. The lowest BCUT2D eigenvalue weighted by Gasteiger charge is -2.44. The Kier molecular flexibility index (Phi) is 5.67. The number of piperidine rings is 1. The first-order valence-corrected chi connectivity index (χ1v) is 8.60. The highest BCUT2D eigenvalue weighted by atomic mass is 16.5. The summed E-state index contributed by atoms with van der Waals surface area (Å²) in [6, 6.07) is 10.1. The molecule has 1 aromatic heterocycles. The second-order valence-electron chi connectivity index (χ2n) is 6.61. The molecule has 136 valence electrons. The number of nitrogens with zero attached hydrogens (tertiary/aromatic N) is 3. The molecule has 1 aliphatic heterocycles. The van der Waals surface area contributed by atoms with Gasteiger partial charge < -0.3 is 24.4 Å². The van der Waals surface area contributed by atoms with Crippen LogP contribution in [0.3, 0.4) is 0 Å². The number of benzene rings is 1. The molecule has 0 bridgehead atoms. The summed E-state index contributed by atoms with van der Waals surface area (Å²) in [4.78, 5) is 6.44. The first-order valence-electron chi connectivity index (χ1n) is 8.60. The van der Waals surface area contributed by atoms with Gasteiger partial charge >= 0.3 is 6.01 Å². The van der Waals surface area contributed by atoms with Crippen LogP contribution in [0, 0.1) is 5.41 Å². The predicted octanol–water partition coefficient (Wildman–Crippen LogP) is 1.71. The molecule has 0 spiro atoms. The van der Waals surface area contributed by atoms with Gasteiger partial charge in [-0.05, 0) is 19.3 Å². The van der Waals surface area contributed by atoms with E-state index in [1.54, 1.807) is 7.11 Å². The summed E-state index contributed by atoms with van der Waals surface area (Å²) in [5.41, 5.74) is 0.293. The molecule has 1 aliphatic rings. The fourth-order valence-electron chi connectivity index (χ4n) is 3.41. The lowest BCUT2D eigenvalue weighted by Crippen LogP contribution is -2.54. The van der Waals surface area contributed by atoms with Crippen molar-refractivity contribution in [3.63, 3.8) is 0 Å². The molecule has 2 aromatic rings. The van der Waals surface area contributed by atoms with Crippen molar-refractivity contribution in [2.24, 2.45) is 5.41 Å². The Balaban J connectivity index is 1.75. The van der Waals surface area contributed by atoms with Crippen molar-refractivity contribution in [3.8, 4) is 11.4 Å². The fourth-order valence-corrected chi connectivity index (χ4v) is 3.41. The molecular weight excluding hydrogens is 322 g/mol. The predicted molar refractivity (Wildman–Crippen MR) is 93.2 cm³/mol. The maximum absolute atomic E-state index is 10.5. The molecule has 2 heterocycles. The van der Waals surface area contributed by atoms with Gasteiger partial charge in [-0.25, -0.2) is 0 Å². The van der Waals surface area contributed by atoms with Crippen LogP contribution in [0.5, 0.6) is 0 Å². The molecule has 0 radical (unpaired) electrons. The maximum Gasteiger partial charge on any atom is 0.324 e. The Bertz CT molecular complexity index is 663. The Labute approximate surface area is 147 Å². The highest BCUT2D eigenvalue weighted by molar-refractivity contribution is 5.55. The van der Waals surface area contributed by atoms with Crippen LogP contribution in [0.15, 0.2) is 34.9 Å². The minimum Gasteiger partial charge on any atom is -0.396 e. The number of hydrogen-bond acceptors (Lipinski definition) is 7. The topological polar surface area (TPSA) is 91.9 Å². The van der Waals surface area contributed by atoms with E-state index in [-0.39, 0.29) is 6.61 Å². The lowest BCUT2D eigenvalue weighted by molar-refractivity contribution is -0.0397. The Morgan fingerprint density at radius 3 is 2.88 bits per heavy atom. The minimum atomic E-state index is -0.599. The molecule has 0 unspecified atom stereocenters. The van der Waals surface area contributed by atoms with Crippen molar-refractivity contribution >= 4 is 6.01 Å². The normalized spacial score (nSPS) is 23.8. The van der Waals surface area contributed by atoms with Crippen LogP contribution in [0.1, 0.15) is 19.3 Å².